The number of carboxylic acids is 1. The number of carboxylic acid groups (broad SMARTS) is 1. The summed E-state index contributed by atoms with van der Waals surface area (Å²) < 4.78 is 83.5. The molecule has 3 unspecified atom stereocenters. The van der Waals surface area contributed by atoms with E-state index in [2.05, 4.69) is 5.32 Å². The average Bonchev–Trinajstić information content (AvgIpc) is 2.60. The molecule has 1 heterocycles. The molecule has 0 amide bonds. The zero-order chi connectivity index (χ0) is 22.3. The molecule has 0 spiro atoms. The van der Waals surface area contributed by atoms with Gasteiger partial charge in [-0.2, -0.15) is 26.3 Å². The Labute approximate surface area is 163 Å². The summed E-state index contributed by atoms with van der Waals surface area (Å²) >= 11 is 0. The molecule has 2 rings (SSSR count). The molecule has 1 saturated heterocycles. The van der Waals surface area contributed by atoms with E-state index in [1.54, 1.807) is 6.92 Å². The van der Waals surface area contributed by atoms with Crippen molar-refractivity contribution in [2.45, 2.75) is 56.2 Å². The van der Waals surface area contributed by atoms with Crippen LogP contribution in [0.5, 0.6) is 0 Å². The number of halogens is 6. The van der Waals surface area contributed by atoms with Crippen LogP contribution in [0.25, 0.3) is 0 Å². The van der Waals surface area contributed by atoms with Crippen LogP contribution in [0.15, 0.2) is 18.2 Å². The number of nitrogens with one attached hydrogen (secondary N) is 1. The molecule has 1 aliphatic rings. The van der Waals surface area contributed by atoms with Gasteiger partial charge in [-0.1, -0.05) is 0 Å². The van der Waals surface area contributed by atoms with Gasteiger partial charge in [0.1, 0.15) is 5.54 Å². The van der Waals surface area contributed by atoms with E-state index in [0.29, 0.717) is 18.6 Å². The number of nitrogens with two attached hydrogens (primary N) is 1. The fourth-order valence-electron chi connectivity index (χ4n) is 2.97. The van der Waals surface area contributed by atoms with Crippen LogP contribution in [0, 0.1) is 0 Å². The third-order valence-electron chi connectivity index (χ3n) is 5.11. The Balaban J connectivity index is 2.15. The molecule has 0 radical (unpaired) electrons. The Kier molecular flexibility index (Phi) is 6.27. The minimum absolute atomic E-state index is 0.0433. The van der Waals surface area contributed by atoms with Crippen molar-refractivity contribution in [2.75, 3.05) is 13.2 Å². The highest BCUT2D eigenvalue weighted by molar-refractivity contribution is 5.79. The number of carbonyl (C=O) groups is 1. The topological polar surface area (TPSA) is 84.6 Å². The summed E-state index contributed by atoms with van der Waals surface area (Å²) in [5, 5.41) is 12.1. The lowest BCUT2D eigenvalue weighted by Gasteiger charge is -2.42. The molecular weight excluding hydrogens is 406 g/mol. The van der Waals surface area contributed by atoms with E-state index in [9.17, 15) is 31.1 Å². The molecule has 11 heteroatoms. The average molecular weight is 428 g/mol. The summed E-state index contributed by atoms with van der Waals surface area (Å²) in [5.74, 6) is -1.16. The Morgan fingerprint density at radius 2 is 1.69 bits per heavy atom. The number of ether oxygens (including phenoxy) is 1. The first-order valence-electron chi connectivity index (χ1n) is 8.74. The molecule has 0 bridgehead atoms. The normalized spacial score (nSPS) is 26.9. The quantitative estimate of drug-likeness (QED) is 0.623. The summed E-state index contributed by atoms with van der Waals surface area (Å²) in [7, 11) is 0. The molecule has 1 fully saturated rings. The van der Waals surface area contributed by atoms with Crippen LogP contribution in [0.2, 0.25) is 0 Å². The van der Waals surface area contributed by atoms with Gasteiger partial charge in [0.15, 0.2) is 0 Å². The van der Waals surface area contributed by atoms with Gasteiger partial charge in [0.2, 0.25) is 0 Å². The van der Waals surface area contributed by atoms with Gasteiger partial charge in [0, 0.05) is 12.1 Å². The van der Waals surface area contributed by atoms with Gasteiger partial charge >= 0.3 is 18.3 Å². The maximum absolute atomic E-state index is 13.0. The summed E-state index contributed by atoms with van der Waals surface area (Å²) in [6.45, 7) is 2.97. The standard InChI is InChI=1S/C18H22F6N2O3/c1-10(29-9-15(2)3-4-16(25,8-26-15)14(27)28)11-5-12(17(19,20)21)7-13(6-11)18(22,23)24/h5-7,10,26H,3-4,8-9,25H2,1-2H3,(H,27,28). The molecule has 4 N–H and O–H groups in total. The molecule has 29 heavy (non-hydrogen) atoms. The largest absolute Gasteiger partial charge is 0.480 e. The molecule has 5 nitrogen and oxygen atoms in total. The van der Waals surface area contributed by atoms with Gasteiger partial charge in [0.25, 0.3) is 0 Å². The number of aliphatic carboxylic acids is 1. The molecule has 0 saturated carbocycles. The van der Waals surface area contributed by atoms with E-state index < -0.39 is 46.6 Å². The Bertz CT molecular complexity index is 723. The van der Waals surface area contributed by atoms with E-state index in [1.807, 2.05) is 0 Å². The number of piperidine rings is 1. The third kappa shape index (κ3) is 5.61. The molecular formula is C18H22F6N2O3. The van der Waals surface area contributed by atoms with Crippen molar-refractivity contribution in [3.63, 3.8) is 0 Å². The molecule has 0 aromatic heterocycles. The van der Waals surface area contributed by atoms with Crippen LogP contribution in [-0.2, 0) is 21.9 Å². The number of alkyl halides is 6. The lowest BCUT2D eigenvalue weighted by atomic mass is 9.81. The van der Waals surface area contributed by atoms with Crippen molar-refractivity contribution in [3.05, 3.63) is 34.9 Å². The van der Waals surface area contributed by atoms with Crippen LogP contribution < -0.4 is 11.1 Å². The minimum atomic E-state index is -4.94. The summed E-state index contributed by atoms with van der Waals surface area (Å²) in [6.07, 6.45) is -10.5. The molecule has 1 aliphatic heterocycles. The highest BCUT2D eigenvalue weighted by Crippen LogP contribution is 2.38. The van der Waals surface area contributed by atoms with E-state index >= 15 is 0 Å². The van der Waals surface area contributed by atoms with Crippen molar-refractivity contribution < 1.29 is 41.0 Å². The predicted octanol–water partition coefficient (Wildman–Crippen LogP) is 3.73. The number of benzene rings is 1. The van der Waals surface area contributed by atoms with Crippen molar-refractivity contribution in [3.8, 4) is 0 Å². The first kappa shape index (κ1) is 23.4. The van der Waals surface area contributed by atoms with Crippen LogP contribution in [0.3, 0.4) is 0 Å². The Morgan fingerprint density at radius 1 is 1.17 bits per heavy atom. The second-order valence-electron chi connectivity index (χ2n) is 7.67. The van der Waals surface area contributed by atoms with Gasteiger partial charge in [0.05, 0.1) is 23.8 Å². The first-order valence-corrected chi connectivity index (χ1v) is 8.74. The predicted molar refractivity (Wildman–Crippen MR) is 91.0 cm³/mol. The number of rotatable bonds is 5. The van der Waals surface area contributed by atoms with Crippen LogP contribution in [0.1, 0.15) is 49.5 Å². The Hall–Kier alpha value is -1.85. The van der Waals surface area contributed by atoms with Crippen LogP contribution in [-0.4, -0.2) is 35.3 Å². The maximum atomic E-state index is 13.0. The van der Waals surface area contributed by atoms with Crippen molar-refractivity contribution in [2.24, 2.45) is 5.73 Å². The summed E-state index contributed by atoms with van der Waals surface area (Å²) in [4.78, 5) is 11.2. The van der Waals surface area contributed by atoms with E-state index in [-0.39, 0.29) is 31.2 Å². The fraction of sp³-hybridized carbons (Fsp3) is 0.611. The van der Waals surface area contributed by atoms with E-state index in [0.717, 1.165) is 0 Å². The molecule has 1 aromatic rings. The number of hydrogen-bond acceptors (Lipinski definition) is 4. The summed E-state index contributed by atoms with van der Waals surface area (Å²) in [5.41, 5.74) is 0.536. The fourth-order valence-corrected chi connectivity index (χ4v) is 2.97. The zero-order valence-corrected chi connectivity index (χ0v) is 15.7. The molecule has 3 atom stereocenters. The first-order chi connectivity index (χ1) is 13.1. The van der Waals surface area contributed by atoms with E-state index in [4.69, 9.17) is 15.6 Å². The van der Waals surface area contributed by atoms with Gasteiger partial charge < -0.3 is 20.9 Å². The van der Waals surface area contributed by atoms with E-state index in [1.165, 1.54) is 6.92 Å². The zero-order valence-electron chi connectivity index (χ0n) is 15.7. The molecule has 1 aromatic carbocycles. The smallest absolute Gasteiger partial charge is 0.416 e. The van der Waals surface area contributed by atoms with Crippen LogP contribution >= 0.6 is 0 Å². The molecule has 164 valence electrons. The lowest BCUT2D eigenvalue weighted by molar-refractivity contribution is -0.145. The SMILES string of the molecule is CC(OCC1(C)CCC(N)(C(=O)O)CN1)c1cc(C(F)(F)F)cc(C(F)(F)F)c1. The number of hydrogen-bond donors (Lipinski definition) is 3. The van der Waals surface area contributed by atoms with Crippen molar-refractivity contribution >= 4 is 5.97 Å². The maximum Gasteiger partial charge on any atom is 0.416 e. The van der Waals surface area contributed by atoms with Gasteiger partial charge in [-0.15, -0.1) is 0 Å². The third-order valence-corrected chi connectivity index (χ3v) is 5.11. The van der Waals surface area contributed by atoms with Crippen molar-refractivity contribution in [1.29, 1.82) is 0 Å². The van der Waals surface area contributed by atoms with Gasteiger partial charge in [-0.3, -0.25) is 4.79 Å². The minimum Gasteiger partial charge on any atom is -0.480 e. The van der Waals surface area contributed by atoms with Gasteiger partial charge in [-0.05, 0) is 50.5 Å². The van der Waals surface area contributed by atoms with Gasteiger partial charge in [-0.25, -0.2) is 0 Å². The molecule has 0 aliphatic carbocycles. The highest BCUT2D eigenvalue weighted by Gasteiger charge is 2.43. The van der Waals surface area contributed by atoms with Crippen molar-refractivity contribution in [1.82, 2.24) is 5.32 Å². The Morgan fingerprint density at radius 3 is 2.07 bits per heavy atom. The second-order valence-corrected chi connectivity index (χ2v) is 7.67. The highest BCUT2D eigenvalue weighted by atomic mass is 19.4. The second kappa shape index (κ2) is 7.77. The summed E-state index contributed by atoms with van der Waals surface area (Å²) in [6, 6.07) is 1.32. The van der Waals surface area contributed by atoms with Crippen LogP contribution in [0.4, 0.5) is 26.3 Å². The monoisotopic (exact) mass is 428 g/mol. The lowest BCUT2D eigenvalue weighted by Crippen LogP contribution is -2.65.